The van der Waals surface area contributed by atoms with Crippen molar-refractivity contribution in [2.75, 3.05) is 0 Å². The fourth-order valence-corrected chi connectivity index (χ4v) is 3.06. The van der Waals surface area contributed by atoms with Crippen LogP contribution in [0.15, 0.2) is 0 Å². The topological polar surface area (TPSA) is 110 Å². The van der Waals surface area contributed by atoms with E-state index in [0.717, 1.165) is 32.1 Å². The molecule has 0 aromatic rings. The van der Waals surface area contributed by atoms with Gasteiger partial charge >= 0.3 is 35.5 Å². The first-order valence-corrected chi connectivity index (χ1v) is 11.1. The Morgan fingerprint density at radius 1 is 0.793 bits per heavy atom. The predicted molar refractivity (Wildman–Crippen MR) is 108 cm³/mol. The molecule has 29 heavy (non-hydrogen) atoms. The Bertz CT molecular complexity index is 445. The minimum atomic E-state index is -1.26. The van der Waals surface area contributed by atoms with Gasteiger partial charge in [-0.1, -0.05) is 71.6 Å². The van der Waals surface area contributed by atoms with Crippen LogP contribution in [0.1, 0.15) is 110 Å². The molecule has 0 aliphatic rings. The Hall–Kier alpha value is -0.430. The van der Waals surface area contributed by atoms with Crippen LogP contribution in [0, 0.1) is 0 Å². The number of carboxylic acids is 1. The fourth-order valence-electron chi connectivity index (χ4n) is 3.06. The zero-order valence-electron chi connectivity index (χ0n) is 18.9. The number of ketones is 1. The van der Waals surface area contributed by atoms with E-state index in [9.17, 15) is 19.5 Å². The summed E-state index contributed by atoms with van der Waals surface area (Å²) < 4.78 is 5.31. The third kappa shape index (κ3) is 18.1. The number of carbonyl (C=O) groups is 3. The van der Waals surface area contributed by atoms with Crippen LogP contribution in [0.5, 0.6) is 0 Å². The van der Waals surface area contributed by atoms with E-state index in [1.165, 1.54) is 38.5 Å². The number of hydrogen-bond acceptors (Lipinski definition) is 6. The minimum absolute atomic E-state index is 0. The number of carboxylic acid groups (broad SMARTS) is 1. The van der Waals surface area contributed by atoms with E-state index in [0.29, 0.717) is 12.8 Å². The molecular weight excluding hydrogens is 381 g/mol. The fraction of sp³-hybridized carbons (Fsp3) is 0.864. The average molecular weight is 422 g/mol. The average Bonchev–Trinajstić information content (AvgIpc) is 2.67. The van der Waals surface area contributed by atoms with Crippen molar-refractivity contribution in [2.45, 2.75) is 122 Å². The first kappa shape index (κ1) is 30.8. The molecule has 0 aliphatic heterocycles. The van der Waals surface area contributed by atoms with E-state index in [1.54, 1.807) is 0 Å². The number of rotatable bonds is 19. The molecule has 0 rings (SSSR count). The van der Waals surface area contributed by atoms with Crippen molar-refractivity contribution in [3.8, 4) is 0 Å². The van der Waals surface area contributed by atoms with Gasteiger partial charge < -0.3 is 20.4 Å². The van der Waals surface area contributed by atoms with Crippen LogP contribution in [0.2, 0.25) is 0 Å². The summed E-state index contributed by atoms with van der Waals surface area (Å²) in [5, 5.41) is 10.5. The summed E-state index contributed by atoms with van der Waals surface area (Å²) >= 11 is 0. The van der Waals surface area contributed by atoms with Gasteiger partial charge in [-0.3, -0.25) is 9.59 Å². The van der Waals surface area contributed by atoms with E-state index < -0.39 is 24.1 Å². The number of Topliss-reactive ketones (excluding diaryl/α,β-unsaturated/α-hetero) is 1. The van der Waals surface area contributed by atoms with Gasteiger partial charge in [0.15, 0.2) is 11.9 Å². The molecule has 0 amide bonds. The number of ether oxygens (including phenoxy) is 1. The van der Waals surface area contributed by atoms with Gasteiger partial charge in [0, 0.05) is 12.4 Å². The van der Waals surface area contributed by atoms with Crippen LogP contribution in [-0.4, -0.2) is 29.9 Å². The molecule has 2 atom stereocenters. The summed E-state index contributed by atoms with van der Waals surface area (Å²) in [6.45, 7) is 4.22. The maximum atomic E-state index is 12.5. The summed E-state index contributed by atoms with van der Waals surface area (Å²) in [7, 11) is 0. The Morgan fingerprint density at radius 3 is 1.83 bits per heavy atom. The number of unbranched alkanes of at least 4 members (excludes halogenated alkanes) is 9. The zero-order chi connectivity index (χ0) is 21.2. The zero-order valence-corrected chi connectivity index (χ0v) is 20.9. The van der Waals surface area contributed by atoms with Crippen molar-refractivity contribution < 1.29 is 53.8 Å². The van der Waals surface area contributed by atoms with Gasteiger partial charge in [0.05, 0.1) is 0 Å². The van der Waals surface area contributed by atoms with Crippen LogP contribution in [0.25, 0.3) is 0 Å². The Kier molecular flexibility index (Phi) is 22.1. The van der Waals surface area contributed by atoms with Gasteiger partial charge in [0.1, 0.15) is 6.04 Å². The second-order valence-electron chi connectivity index (χ2n) is 7.63. The molecule has 0 saturated heterocycles. The van der Waals surface area contributed by atoms with Gasteiger partial charge in [-0.2, -0.15) is 0 Å². The van der Waals surface area contributed by atoms with Crippen molar-refractivity contribution in [3.63, 3.8) is 0 Å². The Morgan fingerprint density at radius 2 is 1.31 bits per heavy atom. The van der Waals surface area contributed by atoms with Crippen molar-refractivity contribution >= 4 is 17.7 Å². The second kappa shape index (κ2) is 20.8. The van der Waals surface area contributed by atoms with Crippen molar-refractivity contribution in [1.82, 2.24) is 0 Å². The standard InChI is InChI=1S/C22H41NO5.Na/c1-3-5-7-8-9-10-11-12-13-14-19(24)20(15-6-4-2)28-22(27)18(23)16-17-21(25)26;/h18,20H,3-17,23H2,1-2H3,(H,25,26);/q;+1/p-1. The number of nitrogens with two attached hydrogens (primary N) is 1. The predicted octanol–water partition coefficient (Wildman–Crippen LogP) is 0.440. The normalized spacial score (nSPS) is 12.7. The molecule has 2 unspecified atom stereocenters. The molecule has 0 aromatic carbocycles. The van der Waals surface area contributed by atoms with E-state index in [-0.39, 0.29) is 48.2 Å². The van der Waals surface area contributed by atoms with Crippen LogP contribution in [0.3, 0.4) is 0 Å². The van der Waals surface area contributed by atoms with Gasteiger partial charge in [-0.15, -0.1) is 0 Å². The smallest absolute Gasteiger partial charge is 0.550 e. The molecule has 6 nitrogen and oxygen atoms in total. The number of hydrogen-bond donors (Lipinski definition) is 1. The molecule has 2 N–H and O–H groups in total. The largest absolute Gasteiger partial charge is 1.00 e. The number of esters is 1. The molecule has 0 spiro atoms. The van der Waals surface area contributed by atoms with E-state index in [4.69, 9.17) is 10.5 Å². The van der Waals surface area contributed by atoms with E-state index in [1.807, 2.05) is 6.92 Å². The molecule has 0 aliphatic carbocycles. The van der Waals surface area contributed by atoms with Crippen molar-refractivity contribution in [3.05, 3.63) is 0 Å². The third-order valence-electron chi connectivity index (χ3n) is 4.93. The molecule has 0 bridgehead atoms. The van der Waals surface area contributed by atoms with Crippen LogP contribution in [-0.2, 0) is 19.1 Å². The molecule has 0 radical (unpaired) electrons. The first-order valence-electron chi connectivity index (χ1n) is 11.1. The maximum Gasteiger partial charge on any atom is 1.00 e. The third-order valence-corrected chi connectivity index (χ3v) is 4.93. The van der Waals surface area contributed by atoms with E-state index >= 15 is 0 Å². The van der Waals surface area contributed by atoms with Gasteiger partial charge in [-0.25, -0.2) is 0 Å². The van der Waals surface area contributed by atoms with Crippen LogP contribution >= 0.6 is 0 Å². The van der Waals surface area contributed by atoms with Crippen molar-refractivity contribution in [1.29, 1.82) is 0 Å². The summed E-state index contributed by atoms with van der Waals surface area (Å²) in [5.74, 6) is -2.02. The molecule has 0 fully saturated rings. The molecule has 0 saturated carbocycles. The Balaban J connectivity index is 0. The number of carbonyl (C=O) groups excluding carboxylic acids is 3. The molecule has 0 aromatic heterocycles. The summed E-state index contributed by atoms with van der Waals surface area (Å²) in [6, 6.07) is -1.04. The summed E-state index contributed by atoms with van der Waals surface area (Å²) in [6.07, 6.45) is 12.1. The SMILES string of the molecule is CCCCCCCCCCCC(=O)C(CCCC)OC(=O)C(N)CCC(=O)[O-].[Na+]. The summed E-state index contributed by atoms with van der Waals surface area (Å²) in [5.41, 5.74) is 5.66. The number of aliphatic carboxylic acids is 1. The second-order valence-corrected chi connectivity index (χ2v) is 7.63. The first-order chi connectivity index (χ1) is 13.4. The Labute approximate surface area is 199 Å². The molecule has 7 heteroatoms. The monoisotopic (exact) mass is 421 g/mol. The van der Waals surface area contributed by atoms with E-state index in [2.05, 4.69) is 6.92 Å². The molecule has 0 heterocycles. The summed E-state index contributed by atoms with van der Waals surface area (Å²) in [4.78, 5) is 35.0. The van der Waals surface area contributed by atoms with Gasteiger partial charge in [0.2, 0.25) is 0 Å². The maximum absolute atomic E-state index is 12.5. The van der Waals surface area contributed by atoms with Crippen LogP contribution < -0.4 is 40.4 Å². The van der Waals surface area contributed by atoms with Gasteiger partial charge in [-0.05, 0) is 32.1 Å². The molecule has 164 valence electrons. The van der Waals surface area contributed by atoms with Gasteiger partial charge in [0.25, 0.3) is 0 Å². The molecular formula is C22H40NNaO5. The van der Waals surface area contributed by atoms with Crippen LogP contribution in [0.4, 0.5) is 0 Å². The minimum Gasteiger partial charge on any atom is -0.550 e. The quantitative estimate of drug-likeness (QED) is 0.184. The van der Waals surface area contributed by atoms with Crippen molar-refractivity contribution in [2.24, 2.45) is 5.73 Å².